The van der Waals surface area contributed by atoms with E-state index in [1.165, 1.54) is 5.56 Å². The minimum Gasteiger partial charge on any atom is -0.488 e. The second kappa shape index (κ2) is 7.61. The van der Waals surface area contributed by atoms with Crippen LogP contribution in [0.25, 0.3) is 0 Å². The highest BCUT2D eigenvalue weighted by Gasteiger charge is 2.12. The first kappa shape index (κ1) is 16.0. The molecule has 0 aliphatic heterocycles. The van der Waals surface area contributed by atoms with E-state index >= 15 is 0 Å². The molecular formula is C16H22BrN3O. The molecule has 21 heavy (non-hydrogen) atoms. The van der Waals surface area contributed by atoms with E-state index in [9.17, 15) is 0 Å². The van der Waals surface area contributed by atoms with Crippen molar-refractivity contribution in [3.8, 4) is 5.75 Å². The van der Waals surface area contributed by atoms with Gasteiger partial charge in [-0.25, -0.2) is 0 Å². The first-order valence-corrected chi connectivity index (χ1v) is 8.02. The molecule has 0 spiro atoms. The number of hydrogen-bond acceptors (Lipinski definition) is 3. The van der Waals surface area contributed by atoms with Crippen molar-refractivity contribution in [1.82, 2.24) is 15.1 Å². The fraction of sp³-hybridized carbons (Fsp3) is 0.438. The van der Waals surface area contributed by atoms with E-state index in [2.05, 4.69) is 52.3 Å². The van der Waals surface area contributed by atoms with Gasteiger partial charge >= 0.3 is 0 Å². The van der Waals surface area contributed by atoms with Crippen LogP contribution in [0, 0.1) is 0 Å². The summed E-state index contributed by atoms with van der Waals surface area (Å²) in [5.41, 5.74) is 2.24. The number of benzene rings is 1. The Morgan fingerprint density at radius 1 is 1.43 bits per heavy atom. The van der Waals surface area contributed by atoms with E-state index in [-0.39, 0.29) is 6.04 Å². The number of aromatic nitrogens is 2. The molecule has 0 bridgehead atoms. The molecule has 0 amide bonds. The second-order valence-corrected chi connectivity index (χ2v) is 6.08. The van der Waals surface area contributed by atoms with Crippen LogP contribution in [0.4, 0.5) is 0 Å². The van der Waals surface area contributed by atoms with Gasteiger partial charge in [-0.1, -0.05) is 28.9 Å². The molecule has 114 valence electrons. The van der Waals surface area contributed by atoms with Crippen molar-refractivity contribution in [2.75, 3.05) is 6.54 Å². The van der Waals surface area contributed by atoms with Gasteiger partial charge in [0, 0.05) is 34.9 Å². The van der Waals surface area contributed by atoms with Crippen LogP contribution in [0.2, 0.25) is 0 Å². The molecule has 0 aliphatic carbocycles. The number of nitrogens with one attached hydrogen (secondary N) is 1. The minimum atomic E-state index is 0.266. The Labute approximate surface area is 134 Å². The fourth-order valence-corrected chi connectivity index (χ4v) is 2.51. The van der Waals surface area contributed by atoms with E-state index in [4.69, 9.17) is 4.74 Å². The number of hydrogen-bond donors (Lipinski definition) is 1. The van der Waals surface area contributed by atoms with Crippen molar-refractivity contribution in [2.45, 2.75) is 32.9 Å². The molecule has 0 saturated carbocycles. The monoisotopic (exact) mass is 351 g/mol. The molecule has 1 atom stereocenters. The van der Waals surface area contributed by atoms with Gasteiger partial charge < -0.3 is 10.1 Å². The third-order valence-electron chi connectivity index (χ3n) is 3.30. The molecule has 4 nitrogen and oxygen atoms in total. The molecule has 2 rings (SSSR count). The summed E-state index contributed by atoms with van der Waals surface area (Å²) >= 11 is 3.51. The van der Waals surface area contributed by atoms with Crippen molar-refractivity contribution in [3.05, 3.63) is 46.2 Å². The maximum absolute atomic E-state index is 6.00. The second-order valence-electron chi connectivity index (χ2n) is 5.17. The van der Waals surface area contributed by atoms with Gasteiger partial charge in [0.2, 0.25) is 0 Å². The van der Waals surface area contributed by atoms with Crippen LogP contribution in [0.3, 0.4) is 0 Å². The summed E-state index contributed by atoms with van der Waals surface area (Å²) in [7, 11) is 1.91. The molecule has 5 heteroatoms. The van der Waals surface area contributed by atoms with Crippen molar-refractivity contribution in [3.63, 3.8) is 0 Å². The van der Waals surface area contributed by atoms with E-state index < -0.39 is 0 Å². The highest BCUT2D eigenvalue weighted by atomic mass is 79.9. The van der Waals surface area contributed by atoms with Gasteiger partial charge in [0.1, 0.15) is 12.4 Å². The van der Waals surface area contributed by atoms with Crippen LogP contribution in [0.15, 0.2) is 35.1 Å². The number of nitrogens with zero attached hydrogens (tertiary/aromatic N) is 2. The van der Waals surface area contributed by atoms with Gasteiger partial charge in [-0.05, 0) is 32.0 Å². The number of halogens is 1. The Kier molecular flexibility index (Phi) is 5.82. The lowest BCUT2D eigenvalue weighted by atomic mass is 10.1. The summed E-state index contributed by atoms with van der Waals surface area (Å²) in [5, 5.41) is 7.66. The maximum atomic E-state index is 6.00. The largest absolute Gasteiger partial charge is 0.488 e. The molecule has 0 aliphatic rings. The summed E-state index contributed by atoms with van der Waals surface area (Å²) in [4.78, 5) is 0. The van der Waals surface area contributed by atoms with E-state index in [1.54, 1.807) is 4.68 Å². The topological polar surface area (TPSA) is 39.1 Å². The molecule has 0 radical (unpaired) electrons. The van der Waals surface area contributed by atoms with Crippen LogP contribution >= 0.6 is 15.9 Å². The van der Waals surface area contributed by atoms with Gasteiger partial charge in [0.05, 0.1) is 6.20 Å². The summed E-state index contributed by atoms with van der Waals surface area (Å²) in [6, 6.07) is 6.45. The molecule has 1 N–H and O–H groups in total. The van der Waals surface area contributed by atoms with Gasteiger partial charge in [-0.3, -0.25) is 4.68 Å². The van der Waals surface area contributed by atoms with Crippen molar-refractivity contribution in [1.29, 1.82) is 0 Å². The zero-order chi connectivity index (χ0) is 15.2. The zero-order valence-corrected chi connectivity index (χ0v) is 14.4. The molecule has 1 aromatic heterocycles. The zero-order valence-electron chi connectivity index (χ0n) is 12.8. The molecule has 1 heterocycles. The Balaban J connectivity index is 2.10. The highest BCUT2D eigenvalue weighted by molar-refractivity contribution is 9.10. The van der Waals surface area contributed by atoms with Gasteiger partial charge in [-0.2, -0.15) is 5.10 Å². The van der Waals surface area contributed by atoms with Crippen molar-refractivity contribution in [2.24, 2.45) is 7.05 Å². The third kappa shape index (κ3) is 4.58. The first-order valence-electron chi connectivity index (χ1n) is 7.23. The van der Waals surface area contributed by atoms with E-state index in [0.29, 0.717) is 6.61 Å². The maximum Gasteiger partial charge on any atom is 0.125 e. The Morgan fingerprint density at radius 3 is 2.90 bits per heavy atom. The Bertz CT molecular complexity index is 583. The smallest absolute Gasteiger partial charge is 0.125 e. The molecule has 0 fully saturated rings. The van der Waals surface area contributed by atoms with Crippen LogP contribution in [-0.4, -0.2) is 16.3 Å². The summed E-state index contributed by atoms with van der Waals surface area (Å²) in [6.07, 6.45) is 4.92. The molecule has 1 unspecified atom stereocenters. The number of rotatable bonds is 7. The summed E-state index contributed by atoms with van der Waals surface area (Å²) in [6.45, 7) is 5.86. The number of aryl methyl sites for hydroxylation is 1. The van der Waals surface area contributed by atoms with Crippen molar-refractivity contribution < 1.29 is 4.74 Å². The van der Waals surface area contributed by atoms with Crippen molar-refractivity contribution >= 4 is 15.9 Å². The third-order valence-corrected chi connectivity index (χ3v) is 3.79. The van der Waals surface area contributed by atoms with Gasteiger partial charge in [0.25, 0.3) is 0 Å². The summed E-state index contributed by atoms with van der Waals surface area (Å²) < 4.78 is 8.80. The van der Waals surface area contributed by atoms with E-state index in [0.717, 1.165) is 28.8 Å². The summed E-state index contributed by atoms with van der Waals surface area (Å²) in [5.74, 6) is 0.907. The fourth-order valence-electron chi connectivity index (χ4n) is 2.17. The van der Waals surface area contributed by atoms with Crippen LogP contribution in [0.1, 0.15) is 37.4 Å². The lowest BCUT2D eigenvalue weighted by Crippen LogP contribution is -2.20. The Hall–Kier alpha value is -1.33. The van der Waals surface area contributed by atoms with Gasteiger partial charge in [0.15, 0.2) is 0 Å². The molecule has 1 aromatic carbocycles. The Morgan fingerprint density at radius 2 is 2.24 bits per heavy atom. The normalized spacial score (nSPS) is 12.4. The average Bonchev–Trinajstić information content (AvgIpc) is 2.88. The van der Waals surface area contributed by atoms with Crippen LogP contribution in [-0.2, 0) is 13.7 Å². The van der Waals surface area contributed by atoms with Crippen LogP contribution < -0.4 is 10.1 Å². The molecular weight excluding hydrogens is 330 g/mol. The average molecular weight is 352 g/mol. The lowest BCUT2D eigenvalue weighted by molar-refractivity contribution is 0.299. The predicted molar refractivity (Wildman–Crippen MR) is 88.4 cm³/mol. The molecule has 2 aromatic rings. The number of ether oxygens (including phenoxy) is 1. The highest BCUT2D eigenvalue weighted by Crippen LogP contribution is 2.29. The standard InChI is InChI=1S/C16H22BrN3O/c1-4-7-18-12(2)15-6-5-14(17)8-16(15)21-11-13-9-19-20(3)10-13/h5-6,8-10,12,18H,4,7,11H2,1-3H3. The lowest BCUT2D eigenvalue weighted by Gasteiger charge is -2.18. The van der Waals surface area contributed by atoms with Gasteiger partial charge in [-0.15, -0.1) is 0 Å². The SMILES string of the molecule is CCCNC(C)c1ccc(Br)cc1OCc1cnn(C)c1. The van der Waals surface area contributed by atoms with Crippen LogP contribution in [0.5, 0.6) is 5.75 Å². The first-order chi connectivity index (χ1) is 10.1. The van der Waals surface area contributed by atoms with E-state index in [1.807, 2.05) is 25.5 Å². The minimum absolute atomic E-state index is 0.266. The quantitative estimate of drug-likeness (QED) is 0.823. The predicted octanol–water partition coefficient (Wildman–Crippen LogP) is 3.82. The molecule has 0 saturated heterocycles.